The molecule has 6 nitrogen and oxygen atoms in total. The van der Waals surface area contributed by atoms with Crippen LogP contribution in [-0.2, 0) is 9.84 Å². The molecule has 2 aliphatic rings. The van der Waals surface area contributed by atoms with E-state index in [9.17, 15) is 8.42 Å². The minimum atomic E-state index is -2.87. The van der Waals surface area contributed by atoms with Gasteiger partial charge in [-0.1, -0.05) is 5.16 Å². The molecule has 0 saturated carbocycles. The van der Waals surface area contributed by atoms with E-state index < -0.39 is 9.84 Å². The lowest BCUT2D eigenvalue weighted by Gasteiger charge is -2.28. The Morgan fingerprint density at radius 1 is 1.44 bits per heavy atom. The van der Waals surface area contributed by atoms with Gasteiger partial charge in [-0.3, -0.25) is 4.90 Å². The van der Waals surface area contributed by atoms with E-state index in [-0.39, 0.29) is 29.4 Å². The number of hydrogen-bond donors (Lipinski definition) is 2. The average Bonchev–Trinajstić information content (AvgIpc) is 2.82. The van der Waals surface area contributed by atoms with Crippen LogP contribution < -0.4 is 5.73 Å². The zero-order chi connectivity index (χ0) is 11.8. The van der Waals surface area contributed by atoms with E-state index in [0.717, 1.165) is 19.4 Å². The van der Waals surface area contributed by atoms with Gasteiger partial charge in [0.25, 0.3) is 0 Å². The number of oxime groups is 1. The van der Waals surface area contributed by atoms with Crippen molar-refractivity contribution in [3.8, 4) is 0 Å². The molecule has 3 N–H and O–H groups in total. The molecule has 2 heterocycles. The Hall–Kier alpha value is -0.820. The number of sulfone groups is 1. The Morgan fingerprint density at radius 2 is 2.19 bits per heavy atom. The molecule has 92 valence electrons. The van der Waals surface area contributed by atoms with Crippen LogP contribution in [0.4, 0.5) is 0 Å². The normalized spacial score (nSPS) is 35.6. The molecule has 2 atom stereocenters. The quantitative estimate of drug-likeness (QED) is 0.293. The molecular weight excluding hydrogens is 230 g/mol. The molecule has 2 unspecified atom stereocenters. The summed E-state index contributed by atoms with van der Waals surface area (Å²) in [5, 5.41) is 11.7. The van der Waals surface area contributed by atoms with E-state index in [1.54, 1.807) is 0 Å². The van der Waals surface area contributed by atoms with Crippen molar-refractivity contribution in [3.63, 3.8) is 0 Å². The molecule has 0 amide bonds. The fraction of sp³-hybridized carbons (Fsp3) is 0.889. The molecular formula is C9H17N3O3S. The first kappa shape index (κ1) is 11.7. The van der Waals surface area contributed by atoms with Crippen molar-refractivity contribution < 1.29 is 13.6 Å². The summed E-state index contributed by atoms with van der Waals surface area (Å²) in [4.78, 5) is 2.07. The van der Waals surface area contributed by atoms with Crippen LogP contribution >= 0.6 is 0 Å². The third-order valence-corrected chi connectivity index (χ3v) is 5.18. The van der Waals surface area contributed by atoms with Crippen LogP contribution in [0.15, 0.2) is 5.16 Å². The summed E-state index contributed by atoms with van der Waals surface area (Å²) in [7, 11) is -2.87. The number of amidine groups is 1. The molecule has 2 rings (SSSR count). The van der Waals surface area contributed by atoms with Crippen LogP contribution in [0.5, 0.6) is 0 Å². The Morgan fingerprint density at radius 3 is 2.75 bits per heavy atom. The van der Waals surface area contributed by atoms with Crippen LogP contribution in [0.25, 0.3) is 0 Å². The zero-order valence-electron chi connectivity index (χ0n) is 9.04. The van der Waals surface area contributed by atoms with Gasteiger partial charge >= 0.3 is 0 Å². The smallest absolute Gasteiger partial charge is 0.156 e. The van der Waals surface area contributed by atoms with E-state index in [1.807, 2.05) is 0 Å². The fourth-order valence-electron chi connectivity index (χ4n) is 2.65. The van der Waals surface area contributed by atoms with E-state index in [2.05, 4.69) is 10.1 Å². The van der Waals surface area contributed by atoms with Gasteiger partial charge in [0.2, 0.25) is 0 Å². The average molecular weight is 247 g/mol. The highest BCUT2D eigenvalue weighted by molar-refractivity contribution is 7.91. The first-order chi connectivity index (χ1) is 7.53. The van der Waals surface area contributed by atoms with Gasteiger partial charge in [0.1, 0.15) is 0 Å². The SMILES string of the molecule is NC(=NO)C1CCCN1C1CCS(=O)(=O)C1. The minimum absolute atomic E-state index is 0.0396. The van der Waals surface area contributed by atoms with Gasteiger partial charge in [-0.05, 0) is 25.8 Å². The number of likely N-dealkylation sites (tertiary alicyclic amines) is 1. The van der Waals surface area contributed by atoms with E-state index >= 15 is 0 Å². The van der Waals surface area contributed by atoms with Gasteiger partial charge in [-0.15, -0.1) is 0 Å². The number of rotatable bonds is 2. The summed E-state index contributed by atoms with van der Waals surface area (Å²) in [6.45, 7) is 0.834. The first-order valence-electron chi connectivity index (χ1n) is 5.47. The van der Waals surface area contributed by atoms with Crippen LogP contribution in [0.3, 0.4) is 0 Å². The standard InChI is InChI=1S/C9H17N3O3S/c10-9(11-13)8-2-1-4-12(8)7-3-5-16(14,15)6-7/h7-8,13H,1-6H2,(H2,10,11). The lowest BCUT2D eigenvalue weighted by Crippen LogP contribution is -2.46. The summed E-state index contributed by atoms with van der Waals surface area (Å²) < 4.78 is 22.8. The second-order valence-corrected chi connectivity index (χ2v) is 6.71. The largest absolute Gasteiger partial charge is 0.409 e. The molecule has 7 heteroatoms. The highest BCUT2D eigenvalue weighted by atomic mass is 32.2. The Balaban J connectivity index is 2.10. The monoisotopic (exact) mass is 247 g/mol. The predicted octanol–water partition coefficient (Wildman–Crippen LogP) is -0.616. The summed E-state index contributed by atoms with van der Waals surface area (Å²) in [5.74, 6) is 0.668. The minimum Gasteiger partial charge on any atom is -0.409 e. The molecule has 0 aromatic rings. The number of hydrogen-bond acceptors (Lipinski definition) is 5. The zero-order valence-corrected chi connectivity index (χ0v) is 9.86. The van der Waals surface area contributed by atoms with Gasteiger partial charge < -0.3 is 10.9 Å². The highest BCUT2D eigenvalue weighted by Gasteiger charge is 2.39. The fourth-order valence-corrected chi connectivity index (χ4v) is 4.39. The van der Waals surface area contributed by atoms with Crippen LogP contribution in [0.2, 0.25) is 0 Å². The van der Waals surface area contributed by atoms with Gasteiger partial charge in [0, 0.05) is 6.04 Å². The summed E-state index contributed by atoms with van der Waals surface area (Å²) in [5.41, 5.74) is 5.61. The van der Waals surface area contributed by atoms with E-state index in [0.29, 0.717) is 6.42 Å². The third-order valence-electron chi connectivity index (χ3n) is 3.43. The van der Waals surface area contributed by atoms with Crippen molar-refractivity contribution in [2.75, 3.05) is 18.1 Å². The van der Waals surface area contributed by atoms with Gasteiger partial charge in [-0.25, -0.2) is 8.42 Å². The first-order valence-corrected chi connectivity index (χ1v) is 7.29. The van der Waals surface area contributed by atoms with E-state index in [1.165, 1.54) is 0 Å². The molecule has 0 aromatic carbocycles. The molecule has 16 heavy (non-hydrogen) atoms. The topological polar surface area (TPSA) is 96.0 Å². The van der Waals surface area contributed by atoms with Crippen LogP contribution in [0.1, 0.15) is 19.3 Å². The molecule has 2 fully saturated rings. The van der Waals surface area contributed by atoms with Crippen molar-refractivity contribution in [2.45, 2.75) is 31.3 Å². The van der Waals surface area contributed by atoms with Crippen LogP contribution in [0, 0.1) is 0 Å². The van der Waals surface area contributed by atoms with Crippen molar-refractivity contribution in [1.29, 1.82) is 0 Å². The molecule has 2 saturated heterocycles. The van der Waals surface area contributed by atoms with Gasteiger partial charge in [-0.2, -0.15) is 0 Å². The Labute approximate surface area is 95.0 Å². The Kier molecular flexibility index (Phi) is 3.07. The van der Waals surface area contributed by atoms with Crippen molar-refractivity contribution in [3.05, 3.63) is 0 Å². The number of nitrogens with zero attached hydrogens (tertiary/aromatic N) is 2. The lowest BCUT2D eigenvalue weighted by atomic mass is 10.1. The maximum absolute atomic E-state index is 11.4. The van der Waals surface area contributed by atoms with Gasteiger partial charge in [0.15, 0.2) is 15.7 Å². The Bertz CT molecular complexity index is 393. The summed E-state index contributed by atoms with van der Waals surface area (Å²) in [6, 6.07) is -0.0545. The second kappa shape index (κ2) is 4.21. The molecule has 0 radical (unpaired) electrons. The van der Waals surface area contributed by atoms with Gasteiger partial charge in [0.05, 0.1) is 17.5 Å². The third kappa shape index (κ3) is 2.15. The molecule has 2 aliphatic heterocycles. The van der Waals surface area contributed by atoms with Crippen LogP contribution in [-0.4, -0.2) is 54.5 Å². The molecule has 0 aromatic heterocycles. The maximum atomic E-state index is 11.4. The summed E-state index contributed by atoms with van der Waals surface area (Å²) in [6.07, 6.45) is 2.47. The second-order valence-electron chi connectivity index (χ2n) is 4.48. The highest BCUT2D eigenvalue weighted by Crippen LogP contribution is 2.26. The van der Waals surface area contributed by atoms with Crippen molar-refractivity contribution in [1.82, 2.24) is 4.90 Å². The molecule has 0 spiro atoms. The predicted molar refractivity (Wildman–Crippen MR) is 60.2 cm³/mol. The lowest BCUT2D eigenvalue weighted by molar-refractivity contribution is 0.226. The van der Waals surface area contributed by atoms with E-state index in [4.69, 9.17) is 10.9 Å². The van der Waals surface area contributed by atoms with Crippen molar-refractivity contribution >= 4 is 15.7 Å². The maximum Gasteiger partial charge on any atom is 0.156 e. The summed E-state index contributed by atoms with van der Waals surface area (Å²) >= 11 is 0. The van der Waals surface area contributed by atoms with Crippen molar-refractivity contribution in [2.24, 2.45) is 10.9 Å². The molecule has 0 bridgehead atoms. The molecule has 0 aliphatic carbocycles. The number of nitrogens with two attached hydrogens (primary N) is 1.